The van der Waals surface area contributed by atoms with Gasteiger partial charge in [0.1, 0.15) is 0 Å². The maximum atomic E-state index is 11.6. The molecule has 92 valence electrons. The molecule has 17 heavy (non-hydrogen) atoms. The molecule has 1 saturated carbocycles. The zero-order chi connectivity index (χ0) is 12.3. The Morgan fingerprint density at radius 2 is 2.29 bits per heavy atom. The minimum atomic E-state index is -0.0118. The second kappa shape index (κ2) is 5.52. The van der Waals surface area contributed by atoms with Crippen molar-refractivity contribution in [3.8, 4) is 0 Å². The molecule has 1 aliphatic carbocycles. The van der Waals surface area contributed by atoms with Crippen LogP contribution < -0.4 is 10.6 Å². The van der Waals surface area contributed by atoms with Crippen LogP contribution in [0.3, 0.4) is 0 Å². The molecule has 0 radical (unpaired) electrons. The first-order valence-corrected chi connectivity index (χ1v) is 6.31. The Morgan fingerprint density at radius 3 is 2.94 bits per heavy atom. The Balaban J connectivity index is 1.82. The number of carbonyl (C=O) groups excluding carboxylic acids is 1. The van der Waals surface area contributed by atoms with Gasteiger partial charge in [-0.15, -0.1) is 0 Å². The van der Waals surface area contributed by atoms with Crippen molar-refractivity contribution < 1.29 is 4.79 Å². The summed E-state index contributed by atoms with van der Waals surface area (Å²) in [6.45, 7) is 2.36. The van der Waals surface area contributed by atoms with Crippen LogP contribution in [0.15, 0.2) is 24.3 Å². The summed E-state index contributed by atoms with van der Waals surface area (Å²) in [6, 6.07) is 8.10. The third-order valence-corrected chi connectivity index (χ3v) is 3.09. The van der Waals surface area contributed by atoms with E-state index in [4.69, 9.17) is 11.6 Å². The first-order chi connectivity index (χ1) is 8.15. The highest BCUT2D eigenvalue weighted by Gasteiger charge is 2.21. The van der Waals surface area contributed by atoms with E-state index >= 15 is 0 Å². The smallest absolute Gasteiger partial charge is 0.234 e. The molecule has 0 aromatic heterocycles. The van der Waals surface area contributed by atoms with Gasteiger partial charge in [-0.05, 0) is 37.5 Å². The Morgan fingerprint density at radius 1 is 1.53 bits per heavy atom. The van der Waals surface area contributed by atoms with Crippen LogP contribution in [0.25, 0.3) is 0 Å². The van der Waals surface area contributed by atoms with E-state index in [1.807, 2.05) is 31.2 Å². The zero-order valence-electron chi connectivity index (χ0n) is 9.87. The van der Waals surface area contributed by atoms with Crippen LogP contribution in [0.1, 0.15) is 31.4 Å². The Kier molecular flexibility index (Phi) is 4.02. The topological polar surface area (TPSA) is 41.1 Å². The van der Waals surface area contributed by atoms with Gasteiger partial charge in [-0.3, -0.25) is 4.79 Å². The fraction of sp³-hybridized carbons (Fsp3) is 0.462. The number of rotatable bonds is 5. The van der Waals surface area contributed by atoms with Gasteiger partial charge in [-0.2, -0.15) is 0 Å². The summed E-state index contributed by atoms with van der Waals surface area (Å²) in [7, 11) is 0. The fourth-order valence-corrected chi connectivity index (χ4v) is 1.87. The van der Waals surface area contributed by atoms with Crippen LogP contribution in [0, 0.1) is 0 Å². The first-order valence-electron chi connectivity index (χ1n) is 5.93. The van der Waals surface area contributed by atoms with Crippen molar-refractivity contribution in [3.05, 3.63) is 34.9 Å². The van der Waals surface area contributed by atoms with Crippen molar-refractivity contribution in [1.82, 2.24) is 10.6 Å². The van der Waals surface area contributed by atoms with Crippen molar-refractivity contribution in [3.63, 3.8) is 0 Å². The lowest BCUT2D eigenvalue weighted by atomic mass is 10.1. The van der Waals surface area contributed by atoms with Gasteiger partial charge in [0, 0.05) is 11.1 Å². The lowest BCUT2D eigenvalue weighted by molar-refractivity contribution is -0.120. The van der Waals surface area contributed by atoms with Gasteiger partial charge in [0.25, 0.3) is 0 Å². The van der Waals surface area contributed by atoms with Crippen LogP contribution in [0.5, 0.6) is 0 Å². The molecule has 0 heterocycles. The first kappa shape index (κ1) is 12.4. The van der Waals surface area contributed by atoms with Crippen LogP contribution in [0.2, 0.25) is 5.02 Å². The lowest BCUT2D eigenvalue weighted by Gasteiger charge is -2.14. The number of hydrogen-bond donors (Lipinski definition) is 2. The molecular formula is C13H17ClN2O. The highest BCUT2D eigenvalue weighted by molar-refractivity contribution is 6.30. The van der Waals surface area contributed by atoms with Gasteiger partial charge in [-0.25, -0.2) is 0 Å². The van der Waals surface area contributed by atoms with Crippen LogP contribution in [0.4, 0.5) is 0 Å². The normalized spacial score (nSPS) is 16.6. The van der Waals surface area contributed by atoms with Gasteiger partial charge in [0.15, 0.2) is 0 Å². The molecule has 0 spiro atoms. The van der Waals surface area contributed by atoms with Crippen LogP contribution in [-0.4, -0.2) is 18.5 Å². The number of carbonyl (C=O) groups is 1. The van der Waals surface area contributed by atoms with Gasteiger partial charge in [0.05, 0.1) is 12.6 Å². The lowest BCUT2D eigenvalue weighted by Crippen LogP contribution is -2.36. The minimum Gasteiger partial charge on any atom is -0.348 e. The van der Waals surface area contributed by atoms with E-state index < -0.39 is 0 Å². The van der Waals surface area contributed by atoms with E-state index in [-0.39, 0.29) is 11.9 Å². The SMILES string of the molecule is C[C@@H](NC(=O)CNC1CC1)c1cccc(Cl)c1. The maximum Gasteiger partial charge on any atom is 0.234 e. The quantitative estimate of drug-likeness (QED) is 0.844. The summed E-state index contributed by atoms with van der Waals surface area (Å²) in [5.74, 6) is 0.0318. The minimum absolute atomic E-state index is 0.0118. The molecule has 1 amide bonds. The highest BCUT2D eigenvalue weighted by atomic mass is 35.5. The third kappa shape index (κ3) is 4.02. The second-order valence-electron chi connectivity index (χ2n) is 4.50. The molecule has 1 fully saturated rings. The maximum absolute atomic E-state index is 11.6. The molecule has 1 aliphatic rings. The summed E-state index contributed by atoms with van der Waals surface area (Å²) in [5, 5.41) is 6.83. The number of nitrogens with one attached hydrogen (secondary N) is 2. The standard InChI is InChI=1S/C13H17ClN2O/c1-9(10-3-2-4-11(14)7-10)16-13(17)8-15-12-5-6-12/h2-4,7,9,12,15H,5-6,8H2,1H3,(H,16,17)/t9-/m1/s1. The largest absolute Gasteiger partial charge is 0.348 e. The highest BCUT2D eigenvalue weighted by Crippen LogP contribution is 2.19. The number of hydrogen-bond acceptors (Lipinski definition) is 2. The second-order valence-corrected chi connectivity index (χ2v) is 4.94. The molecular weight excluding hydrogens is 236 g/mol. The summed E-state index contributed by atoms with van der Waals surface area (Å²) in [4.78, 5) is 11.6. The van der Waals surface area contributed by atoms with Crippen molar-refractivity contribution in [2.45, 2.75) is 31.8 Å². The molecule has 3 nitrogen and oxygen atoms in total. The molecule has 2 N–H and O–H groups in total. The summed E-state index contributed by atoms with van der Waals surface area (Å²) in [6.07, 6.45) is 2.38. The van der Waals surface area contributed by atoms with Crippen molar-refractivity contribution in [2.24, 2.45) is 0 Å². The van der Waals surface area contributed by atoms with Gasteiger partial charge >= 0.3 is 0 Å². The van der Waals surface area contributed by atoms with E-state index in [0.29, 0.717) is 17.6 Å². The number of amides is 1. The van der Waals surface area contributed by atoms with Crippen molar-refractivity contribution in [2.75, 3.05) is 6.54 Å². The third-order valence-electron chi connectivity index (χ3n) is 2.85. The van der Waals surface area contributed by atoms with Crippen LogP contribution >= 0.6 is 11.6 Å². The van der Waals surface area contributed by atoms with E-state index in [9.17, 15) is 4.79 Å². The Hall–Kier alpha value is -1.06. The average Bonchev–Trinajstić information content (AvgIpc) is 3.10. The predicted octanol–water partition coefficient (Wildman–Crippen LogP) is 2.27. The van der Waals surface area contributed by atoms with Crippen molar-refractivity contribution >= 4 is 17.5 Å². The average molecular weight is 253 g/mol. The Bertz CT molecular complexity index is 404. The molecule has 0 unspecified atom stereocenters. The molecule has 0 bridgehead atoms. The zero-order valence-corrected chi connectivity index (χ0v) is 10.6. The predicted molar refractivity (Wildman–Crippen MR) is 69.0 cm³/mol. The summed E-state index contributed by atoms with van der Waals surface area (Å²) >= 11 is 5.91. The van der Waals surface area contributed by atoms with E-state index in [2.05, 4.69) is 10.6 Å². The molecule has 1 aromatic rings. The molecule has 0 aliphatic heterocycles. The summed E-state index contributed by atoms with van der Waals surface area (Å²) in [5.41, 5.74) is 1.03. The molecule has 0 saturated heterocycles. The number of halogens is 1. The van der Waals surface area contributed by atoms with Gasteiger partial charge < -0.3 is 10.6 Å². The molecule has 1 atom stereocenters. The number of benzene rings is 1. The molecule has 2 rings (SSSR count). The van der Waals surface area contributed by atoms with E-state index in [1.165, 1.54) is 12.8 Å². The molecule has 1 aromatic carbocycles. The summed E-state index contributed by atoms with van der Waals surface area (Å²) < 4.78 is 0. The van der Waals surface area contributed by atoms with Crippen LogP contribution in [-0.2, 0) is 4.79 Å². The Labute approximate surface area is 107 Å². The van der Waals surface area contributed by atoms with Crippen molar-refractivity contribution in [1.29, 1.82) is 0 Å². The molecule has 4 heteroatoms. The fourth-order valence-electron chi connectivity index (χ4n) is 1.68. The van der Waals surface area contributed by atoms with E-state index in [1.54, 1.807) is 0 Å². The monoisotopic (exact) mass is 252 g/mol. The van der Waals surface area contributed by atoms with Gasteiger partial charge in [-0.1, -0.05) is 23.7 Å². The van der Waals surface area contributed by atoms with Gasteiger partial charge in [0.2, 0.25) is 5.91 Å². The van der Waals surface area contributed by atoms with E-state index in [0.717, 1.165) is 5.56 Å².